The molecule has 2 heterocycles. The van der Waals surface area contributed by atoms with Crippen molar-refractivity contribution in [3.63, 3.8) is 0 Å². The molecule has 1 unspecified atom stereocenters. The highest BCUT2D eigenvalue weighted by molar-refractivity contribution is 5.92. The second-order valence-electron chi connectivity index (χ2n) is 5.72. The first-order valence-corrected chi connectivity index (χ1v) is 7.95. The van der Waals surface area contributed by atoms with Gasteiger partial charge in [-0.15, -0.1) is 0 Å². The zero-order valence-corrected chi connectivity index (χ0v) is 13.1. The highest BCUT2D eigenvalue weighted by Gasteiger charge is 2.21. The third-order valence-electron chi connectivity index (χ3n) is 3.92. The van der Waals surface area contributed by atoms with Gasteiger partial charge in [-0.1, -0.05) is 18.2 Å². The minimum Gasteiger partial charge on any atom is -0.370 e. The Morgan fingerprint density at radius 1 is 1.22 bits per heavy atom. The van der Waals surface area contributed by atoms with Crippen LogP contribution in [-0.2, 0) is 0 Å². The fourth-order valence-corrected chi connectivity index (χ4v) is 2.79. The molecule has 1 aliphatic heterocycles. The number of hydrogen-bond donors (Lipinski definition) is 2. The molecule has 1 aliphatic rings. The van der Waals surface area contributed by atoms with Gasteiger partial charge in [0, 0.05) is 37.7 Å². The molecule has 1 aromatic heterocycles. The largest absolute Gasteiger partial charge is 0.370 e. The summed E-state index contributed by atoms with van der Waals surface area (Å²) in [5.41, 5.74) is 6.92. The normalized spacial score (nSPS) is 18.7. The second-order valence-corrected chi connectivity index (χ2v) is 5.72. The molecule has 0 radical (unpaired) electrons. The number of nitrogens with two attached hydrogens (primary N) is 1. The van der Waals surface area contributed by atoms with Crippen LogP contribution in [0.1, 0.15) is 12.8 Å². The predicted molar refractivity (Wildman–Crippen MR) is 93.5 cm³/mol. The van der Waals surface area contributed by atoms with Gasteiger partial charge in [0.1, 0.15) is 0 Å². The molecule has 6 nitrogen and oxygen atoms in total. The molecule has 0 bridgehead atoms. The van der Waals surface area contributed by atoms with Crippen LogP contribution in [0.2, 0.25) is 0 Å². The summed E-state index contributed by atoms with van der Waals surface area (Å²) >= 11 is 0. The molecule has 120 valence electrons. The Hall–Kier alpha value is -2.63. The lowest BCUT2D eigenvalue weighted by Gasteiger charge is -2.31. The maximum Gasteiger partial charge on any atom is 0.225 e. The van der Waals surface area contributed by atoms with Gasteiger partial charge in [-0.3, -0.25) is 4.99 Å². The van der Waals surface area contributed by atoms with Crippen LogP contribution < -0.4 is 16.0 Å². The van der Waals surface area contributed by atoms with E-state index in [1.165, 1.54) is 0 Å². The first-order valence-electron chi connectivity index (χ1n) is 7.95. The number of aromatic nitrogens is 2. The zero-order valence-electron chi connectivity index (χ0n) is 13.1. The summed E-state index contributed by atoms with van der Waals surface area (Å²) in [6.45, 7) is 2.64. The monoisotopic (exact) mass is 310 g/mol. The molecule has 0 spiro atoms. The van der Waals surface area contributed by atoms with Crippen LogP contribution in [0.5, 0.6) is 0 Å². The van der Waals surface area contributed by atoms with Crippen molar-refractivity contribution in [3.8, 4) is 0 Å². The van der Waals surface area contributed by atoms with Crippen LogP contribution in [0.4, 0.5) is 11.6 Å². The summed E-state index contributed by atoms with van der Waals surface area (Å²) in [7, 11) is 0. The molecule has 0 aliphatic carbocycles. The maximum absolute atomic E-state index is 5.97. The molecule has 2 aromatic rings. The summed E-state index contributed by atoms with van der Waals surface area (Å²) < 4.78 is 0. The van der Waals surface area contributed by atoms with E-state index in [-0.39, 0.29) is 0 Å². The number of anilines is 2. The lowest BCUT2D eigenvalue weighted by Crippen LogP contribution is -2.38. The van der Waals surface area contributed by atoms with E-state index in [0.717, 1.165) is 44.1 Å². The van der Waals surface area contributed by atoms with Crippen molar-refractivity contribution in [1.82, 2.24) is 9.97 Å². The van der Waals surface area contributed by atoms with E-state index >= 15 is 0 Å². The molecule has 3 rings (SSSR count). The Bertz CT molecular complexity index is 628. The molecular weight excluding hydrogens is 288 g/mol. The number of nitrogens with one attached hydrogen (secondary N) is 1. The van der Waals surface area contributed by atoms with Crippen molar-refractivity contribution in [2.75, 3.05) is 29.9 Å². The minimum absolute atomic E-state index is 0.462. The fourth-order valence-electron chi connectivity index (χ4n) is 2.79. The van der Waals surface area contributed by atoms with Gasteiger partial charge >= 0.3 is 0 Å². The van der Waals surface area contributed by atoms with Crippen molar-refractivity contribution < 1.29 is 0 Å². The zero-order chi connectivity index (χ0) is 15.9. The molecule has 1 saturated heterocycles. The lowest BCUT2D eigenvalue weighted by molar-refractivity contribution is 0.420. The first-order chi connectivity index (χ1) is 11.3. The molecule has 23 heavy (non-hydrogen) atoms. The van der Waals surface area contributed by atoms with Gasteiger partial charge in [0.25, 0.3) is 0 Å². The number of benzene rings is 1. The van der Waals surface area contributed by atoms with Gasteiger partial charge < -0.3 is 16.0 Å². The van der Waals surface area contributed by atoms with Crippen LogP contribution >= 0.6 is 0 Å². The van der Waals surface area contributed by atoms with Crippen molar-refractivity contribution in [2.24, 2.45) is 16.6 Å². The van der Waals surface area contributed by atoms with E-state index in [0.29, 0.717) is 11.9 Å². The molecule has 3 N–H and O–H groups in total. The number of hydrogen-bond acceptors (Lipinski definition) is 4. The van der Waals surface area contributed by atoms with Crippen LogP contribution in [0, 0.1) is 5.92 Å². The molecule has 0 saturated carbocycles. The Labute approximate surface area is 136 Å². The van der Waals surface area contributed by atoms with Crippen LogP contribution in [0.25, 0.3) is 0 Å². The third kappa shape index (κ3) is 4.42. The maximum atomic E-state index is 5.97. The predicted octanol–water partition coefficient (Wildman–Crippen LogP) is 2.12. The van der Waals surface area contributed by atoms with E-state index in [4.69, 9.17) is 5.73 Å². The van der Waals surface area contributed by atoms with Gasteiger partial charge in [-0.2, -0.15) is 0 Å². The number of guanidine groups is 1. The van der Waals surface area contributed by atoms with Crippen molar-refractivity contribution >= 4 is 17.6 Å². The Balaban J connectivity index is 1.54. The topological polar surface area (TPSA) is 79.4 Å². The molecule has 1 atom stereocenters. The standard InChI is InChI=1S/C17H22N6/c18-16(22-15-7-2-1-3-8-15)21-12-14-6-4-11-23(13-14)17-19-9-5-10-20-17/h1-3,5,7-10,14H,4,6,11-13H2,(H3,18,21,22). The number of nitrogens with zero attached hydrogens (tertiary/aromatic N) is 4. The number of aliphatic imine (C=N–C) groups is 1. The summed E-state index contributed by atoms with van der Waals surface area (Å²) in [6.07, 6.45) is 5.85. The molecule has 1 aromatic carbocycles. The van der Waals surface area contributed by atoms with Gasteiger partial charge in [-0.05, 0) is 37.0 Å². The Morgan fingerprint density at radius 2 is 2.00 bits per heavy atom. The Kier molecular flexibility index (Phi) is 5.03. The summed E-state index contributed by atoms with van der Waals surface area (Å²) in [5.74, 6) is 1.74. The molecule has 0 amide bonds. The van der Waals surface area contributed by atoms with E-state index in [1.807, 2.05) is 36.4 Å². The number of para-hydroxylation sites is 1. The fraction of sp³-hybridized carbons (Fsp3) is 0.353. The highest BCUT2D eigenvalue weighted by atomic mass is 15.3. The third-order valence-corrected chi connectivity index (χ3v) is 3.92. The van der Waals surface area contributed by atoms with E-state index in [2.05, 4.69) is 25.2 Å². The lowest BCUT2D eigenvalue weighted by atomic mass is 9.98. The SMILES string of the molecule is NC(=NCC1CCCN(c2ncccn2)C1)Nc1ccccc1. The summed E-state index contributed by atoms with van der Waals surface area (Å²) in [4.78, 5) is 15.4. The van der Waals surface area contributed by atoms with Crippen LogP contribution in [0.3, 0.4) is 0 Å². The smallest absolute Gasteiger partial charge is 0.225 e. The first kappa shape index (κ1) is 15.3. The van der Waals surface area contributed by atoms with Crippen LogP contribution in [-0.4, -0.2) is 35.6 Å². The average molecular weight is 310 g/mol. The summed E-state index contributed by atoms with van der Waals surface area (Å²) in [5, 5.41) is 3.11. The quantitative estimate of drug-likeness (QED) is 0.668. The Morgan fingerprint density at radius 3 is 2.78 bits per heavy atom. The second kappa shape index (κ2) is 7.58. The number of rotatable bonds is 4. The minimum atomic E-state index is 0.462. The average Bonchev–Trinajstić information content (AvgIpc) is 2.62. The van der Waals surface area contributed by atoms with E-state index in [9.17, 15) is 0 Å². The van der Waals surface area contributed by atoms with Crippen molar-refractivity contribution in [3.05, 3.63) is 48.8 Å². The van der Waals surface area contributed by atoms with Gasteiger partial charge in [0.15, 0.2) is 5.96 Å². The summed E-state index contributed by atoms with van der Waals surface area (Å²) in [6, 6.07) is 11.7. The van der Waals surface area contributed by atoms with Crippen LogP contribution in [0.15, 0.2) is 53.8 Å². The highest BCUT2D eigenvalue weighted by Crippen LogP contribution is 2.20. The van der Waals surface area contributed by atoms with Crippen molar-refractivity contribution in [2.45, 2.75) is 12.8 Å². The van der Waals surface area contributed by atoms with Gasteiger partial charge in [0.05, 0.1) is 0 Å². The molecular formula is C17H22N6. The van der Waals surface area contributed by atoms with Gasteiger partial charge in [-0.25, -0.2) is 9.97 Å². The van der Waals surface area contributed by atoms with Gasteiger partial charge in [0.2, 0.25) is 5.95 Å². The van der Waals surface area contributed by atoms with E-state index in [1.54, 1.807) is 12.4 Å². The molecule has 1 fully saturated rings. The number of piperidine rings is 1. The van der Waals surface area contributed by atoms with Crippen molar-refractivity contribution in [1.29, 1.82) is 0 Å². The molecule has 6 heteroatoms. The van der Waals surface area contributed by atoms with E-state index < -0.39 is 0 Å².